The molecule has 0 aliphatic heterocycles. The summed E-state index contributed by atoms with van der Waals surface area (Å²) in [6.07, 6.45) is 8.84. The largest absolute Gasteiger partial charge is 0.493 e. The van der Waals surface area contributed by atoms with Crippen LogP contribution in [0.5, 0.6) is 5.75 Å². The number of carbonyl (C=O) groups excluding carboxylic acids is 1. The predicted molar refractivity (Wildman–Crippen MR) is 122 cm³/mol. The molecule has 5 heteroatoms. The lowest BCUT2D eigenvalue weighted by atomic mass is 9.86. The Balaban J connectivity index is 1.35. The number of hydrogen-bond donors (Lipinski definition) is 2. The first-order chi connectivity index (χ1) is 14.2. The topological polar surface area (TPSA) is 50.4 Å². The van der Waals surface area contributed by atoms with Crippen molar-refractivity contribution in [2.24, 2.45) is 5.92 Å². The Kier molecular flexibility index (Phi) is 8.50. The van der Waals surface area contributed by atoms with Crippen molar-refractivity contribution in [2.45, 2.75) is 51.4 Å². The van der Waals surface area contributed by atoms with E-state index in [1.165, 1.54) is 37.7 Å². The molecule has 0 aromatic heterocycles. The van der Waals surface area contributed by atoms with Gasteiger partial charge in [-0.3, -0.25) is 4.79 Å². The van der Waals surface area contributed by atoms with E-state index in [1.807, 2.05) is 42.5 Å². The van der Waals surface area contributed by atoms with Gasteiger partial charge in [0.2, 0.25) is 5.91 Å². The second kappa shape index (κ2) is 11.6. The molecule has 2 aromatic rings. The Morgan fingerprint density at radius 2 is 1.72 bits per heavy atom. The number of thiocarbonyl (C=S) groups is 1. The van der Waals surface area contributed by atoms with Gasteiger partial charge in [0.1, 0.15) is 5.75 Å². The molecule has 1 fully saturated rings. The number of nitrogens with one attached hydrogen (secondary N) is 2. The average molecular weight is 411 g/mol. The molecule has 0 spiro atoms. The van der Waals surface area contributed by atoms with Gasteiger partial charge in [-0.2, -0.15) is 0 Å². The molecule has 1 aliphatic carbocycles. The maximum atomic E-state index is 12.1. The third-order valence-electron chi connectivity index (χ3n) is 5.37. The fourth-order valence-corrected chi connectivity index (χ4v) is 3.96. The second-order valence-electron chi connectivity index (χ2n) is 7.65. The van der Waals surface area contributed by atoms with Crippen LogP contribution in [0.2, 0.25) is 0 Å². The van der Waals surface area contributed by atoms with Crippen molar-refractivity contribution in [3.8, 4) is 5.75 Å². The fourth-order valence-electron chi connectivity index (χ4n) is 3.73. The predicted octanol–water partition coefficient (Wildman–Crippen LogP) is 5.48. The standard InChI is InChI=1S/C24H30N2O2S/c27-23(16-11-19-7-3-1-4-8-19)26-24(29)25-21-12-14-22(15-13-21)28-18-17-20-9-5-2-6-10-20/h2,5-6,9-10,12-15,19H,1,3-4,7-8,11,16-18H2,(H2,25,26,27,29). The van der Waals surface area contributed by atoms with Crippen LogP contribution in [0.3, 0.4) is 0 Å². The summed E-state index contributed by atoms with van der Waals surface area (Å²) in [5.74, 6) is 1.51. The number of benzene rings is 2. The molecular formula is C24H30N2O2S. The molecule has 29 heavy (non-hydrogen) atoms. The van der Waals surface area contributed by atoms with E-state index in [0.29, 0.717) is 24.1 Å². The summed E-state index contributed by atoms with van der Waals surface area (Å²) in [6, 6.07) is 17.9. The van der Waals surface area contributed by atoms with E-state index in [4.69, 9.17) is 17.0 Å². The van der Waals surface area contributed by atoms with Crippen LogP contribution in [0.4, 0.5) is 5.69 Å². The van der Waals surface area contributed by atoms with Crippen LogP contribution in [-0.4, -0.2) is 17.6 Å². The third kappa shape index (κ3) is 7.86. The second-order valence-corrected chi connectivity index (χ2v) is 8.06. The van der Waals surface area contributed by atoms with E-state index in [1.54, 1.807) is 0 Å². The number of ether oxygens (including phenoxy) is 1. The molecule has 0 heterocycles. The number of anilines is 1. The molecular weight excluding hydrogens is 380 g/mol. The molecule has 4 nitrogen and oxygen atoms in total. The maximum absolute atomic E-state index is 12.1. The summed E-state index contributed by atoms with van der Waals surface area (Å²) >= 11 is 5.27. The highest BCUT2D eigenvalue weighted by molar-refractivity contribution is 7.80. The highest BCUT2D eigenvalue weighted by Gasteiger charge is 2.15. The van der Waals surface area contributed by atoms with Gasteiger partial charge < -0.3 is 15.4 Å². The van der Waals surface area contributed by atoms with Crippen LogP contribution in [-0.2, 0) is 11.2 Å². The molecule has 0 unspecified atom stereocenters. The SMILES string of the molecule is O=C(CCC1CCCCC1)NC(=S)Nc1ccc(OCCc2ccccc2)cc1. The quantitative estimate of drug-likeness (QED) is 0.566. The summed E-state index contributed by atoms with van der Waals surface area (Å²) in [5.41, 5.74) is 2.09. The Bertz CT molecular complexity index is 771. The smallest absolute Gasteiger partial charge is 0.226 e. The maximum Gasteiger partial charge on any atom is 0.226 e. The molecule has 1 saturated carbocycles. The highest BCUT2D eigenvalue weighted by atomic mass is 32.1. The van der Waals surface area contributed by atoms with Crippen molar-refractivity contribution in [2.75, 3.05) is 11.9 Å². The molecule has 0 bridgehead atoms. The Morgan fingerprint density at radius 1 is 1.00 bits per heavy atom. The van der Waals surface area contributed by atoms with Gasteiger partial charge in [-0.25, -0.2) is 0 Å². The average Bonchev–Trinajstić information content (AvgIpc) is 2.75. The van der Waals surface area contributed by atoms with Crippen LogP contribution in [0.25, 0.3) is 0 Å². The first-order valence-corrected chi connectivity index (χ1v) is 11.0. The van der Waals surface area contributed by atoms with Crippen molar-refractivity contribution in [1.82, 2.24) is 5.32 Å². The Hall–Kier alpha value is -2.40. The van der Waals surface area contributed by atoms with Gasteiger partial charge in [0.15, 0.2) is 5.11 Å². The van der Waals surface area contributed by atoms with Crippen LogP contribution in [0.1, 0.15) is 50.5 Å². The molecule has 1 amide bonds. The van der Waals surface area contributed by atoms with Crippen molar-refractivity contribution >= 4 is 28.9 Å². The lowest BCUT2D eigenvalue weighted by Gasteiger charge is -2.21. The van der Waals surface area contributed by atoms with Gasteiger partial charge in [-0.1, -0.05) is 62.4 Å². The highest BCUT2D eigenvalue weighted by Crippen LogP contribution is 2.27. The van der Waals surface area contributed by atoms with E-state index in [-0.39, 0.29) is 5.91 Å². The van der Waals surface area contributed by atoms with Crippen molar-refractivity contribution in [3.63, 3.8) is 0 Å². The number of hydrogen-bond acceptors (Lipinski definition) is 3. The van der Waals surface area contributed by atoms with Gasteiger partial charge in [0, 0.05) is 18.5 Å². The van der Waals surface area contributed by atoms with E-state index in [9.17, 15) is 4.79 Å². The monoisotopic (exact) mass is 410 g/mol. The van der Waals surface area contributed by atoms with E-state index in [2.05, 4.69) is 22.8 Å². The van der Waals surface area contributed by atoms with Crippen molar-refractivity contribution in [1.29, 1.82) is 0 Å². The molecule has 1 aliphatic rings. The summed E-state index contributed by atoms with van der Waals surface area (Å²) in [6.45, 7) is 0.631. The molecule has 154 valence electrons. The summed E-state index contributed by atoms with van der Waals surface area (Å²) < 4.78 is 5.79. The minimum absolute atomic E-state index is 0.00561. The molecule has 2 N–H and O–H groups in total. The van der Waals surface area contributed by atoms with Gasteiger partial charge >= 0.3 is 0 Å². The van der Waals surface area contributed by atoms with Gasteiger partial charge in [0.25, 0.3) is 0 Å². The molecule has 2 aromatic carbocycles. The molecule has 0 atom stereocenters. The minimum atomic E-state index is -0.00561. The zero-order chi connectivity index (χ0) is 20.3. The normalized spacial score (nSPS) is 14.2. The van der Waals surface area contributed by atoms with Gasteiger partial charge in [-0.15, -0.1) is 0 Å². The van der Waals surface area contributed by atoms with E-state index in [0.717, 1.165) is 24.3 Å². The van der Waals surface area contributed by atoms with Crippen LogP contribution in [0.15, 0.2) is 54.6 Å². The van der Waals surface area contributed by atoms with Crippen molar-refractivity contribution < 1.29 is 9.53 Å². The zero-order valence-electron chi connectivity index (χ0n) is 16.9. The van der Waals surface area contributed by atoms with Crippen molar-refractivity contribution in [3.05, 3.63) is 60.2 Å². The minimum Gasteiger partial charge on any atom is -0.493 e. The molecule has 3 rings (SSSR count). The third-order valence-corrected chi connectivity index (χ3v) is 5.58. The van der Waals surface area contributed by atoms with Crippen LogP contribution in [0, 0.1) is 5.92 Å². The Morgan fingerprint density at radius 3 is 2.45 bits per heavy atom. The Labute approximate surface area is 179 Å². The molecule has 0 saturated heterocycles. The van der Waals surface area contributed by atoms with Crippen LogP contribution < -0.4 is 15.4 Å². The van der Waals surface area contributed by atoms with Crippen LogP contribution >= 0.6 is 12.2 Å². The summed E-state index contributed by atoms with van der Waals surface area (Å²) in [7, 11) is 0. The zero-order valence-corrected chi connectivity index (χ0v) is 17.7. The lowest BCUT2D eigenvalue weighted by molar-refractivity contribution is -0.120. The summed E-state index contributed by atoms with van der Waals surface area (Å²) in [4.78, 5) is 12.1. The summed E-state index contributed by atoms with van der Waals surface area (Å²) in [5, 5.41) is 6.19. The van der Waals surface area contributed by atoms with E-state index < -0.39 is 0 Å². The molecule has 0 radical (unpaired) electrons. The first kappa shape index (κ1) is 21.3. The van der Waals surface area contributed by atoms with Gasteiger partial charge in [0.05, 0.1) is 6.61 Å². The number of carbonyl (C=O) groups is 1. The first-order valence-electron chi connectivity index (χ1n) is 10.6. The van der Waals surface area contributed by atoms with Gasteiger partial charge in [-0.05, 0) is 54.4 Å². The van der Waals surface area contributed by atoms with E-state index >= 15 is 0 Å². The lowest BCUT2D eigenvalue weighted by Crippen LogP contribution is -2.34. The number of rotatable bonds is 8. The number of amides is 1. The fraction of sp³-hybridized carbons (Fsp3) is 0.417.